The van der Waals surface area contributed by atoms with Gasteiger partial charge in [-0.1, -0.05) is 13.3 Å². The Morgan fingerprint density at radius 1 is 1.50 bits per heavy atom. The Kier molecular flexibility index (Phi) is 5.10. The number of unbranched alkanes of at least 4 members (excludes halogenated alkanes) is 1. The molecular formula is C12H16N2O4. The number of carbonyl (C=O) groups excluding carboxylic acids is 1. The van der Waals surface area contributed by atoms with Gasteiger partial charge in [-0.3, -0.25) is 14.9 Å². The highest BCUT2D eigenvalue weighted by atomic mass is 16.6. The minimum absolute atomic E-state index is 0.0819. The Hall–Kier alpha value is -2.11. The SMILES string of the molecule is CCCCOc1ccc([N+](=O)[O-])cc1NC(C)=O. The van der Waals surface area contributed by atoms with Gasteiger partial charge >= 0.3 is 0 Å². The Bertz CT molecular complexity index is 446. The lowest BCUT2D eigenvalue weighted by Crippen LogP contribution is -2.08. The first-order valence-corrected chi connectivity index (χ1v) is 5.73. The van der Waals surface area contributed by atoms with Gasteiger partial charge in [0.2, 0.25) is 5.91 Å². The maximum Gasteiger partial charge on any atom is 0.271 e. The number of nitrogens with one attached hydrogen (secondary N) is 1. The molecule has 0 bridgehead atoms. The summed E-state index contributed by atoms with van der Waals surface area (Å²) in [6.07, 6.45) is 1.87. The molecule has 18 heavy (non-hydrogen) atoms. The Morgan fingerprint density at radius 3 is 2.78 bits per heavy atom. The van der Waals surface area contributed by atoms with Crippen LogP contribution in [-0.2, 0) is 4.79 Å². The molecule has 6 heteroatoms. The quantitative estimate of drug-likeness (QED) is 0.479. The van der Waals surface area contributed by atoms with Crippen LogP contribution in [-0.4, -0.2) is 17.4 Å². The third-order valence-electron chi connectivity index (χ3n) is 2.24. The van der Waals surface area contributed by atoms with Crippen LogP contribution in [0.4, 0.5) is 11.4 Å². The number of anilines is 1. The molecule has 0 fully saturated rings. The van der Waals surface area contributed by atoms with Crippen molar-refractivity contribution < 1.29 is 14.5 Å². The van der Waals surface area contributed by atoms with Gasteiger partial charge in [-0.2, -0.15) is 0 Å². The topological polar surface area (TPSA) is 81.5 Å². The zero-order valence-electron chi connectivity index (χ0n) is 10.4. The van der Waals surface area contributed by atoms with E-state index in [0.717, 1.165) is 12.8 Å². The molecule has 0 heterocycles. The van der Waals surface area contributed by atoms with Crippen LogP contribution in [0.3, 0.4) is 0 Å². The molecule has 0 saturated heterocycles. The molecule has 0 aromatic heterocycles. The zero-order chi connectivity index (χ0) is 13.5. The van der Waals surface area contributed by atoms with Crippen molar-refractivity contribution in [2.45, 2.75) is 26.7 Å². The van der Waals surface area contributed by atoms with Crippen LogP contribution >= 0.6 is 0 Å². The number of nitro groups is 1. The lowest BCUT2D eigenvalue weighted by Gasteiger charge is -2.11. The molecule has 0 saturated carbocycles. The number of nitro benzene ring substituents is 1. The lowest BCUT2D eigenvalue weighted by molar-refractivity contribution is -0.384. The highest BCUT2D eigenvalue weighted by Gasteiger charge is 2.12. The minimum atomic E-state index is -0.513. The number of non-ortho nitro benzene ring substituents is 1. The van der Waals surface area contributed by atoms with E-state index in [4.69, 9.17) is 4.74 Å². The van der Waals surface area contributed by atoms with E-state index in [2.05, 4.69) is 5.32 Å². The molecule has 6 nitrogen and oxygen atoms in total. The molecule has 0 aliphatic carbocycles. The van der Waals surface area contributed by atoms with Crippen LogP contribution < -0.4 is 10.1 Å². The Morgan fingerprint density at radius 2 is 2.22 bits per heavy atom. The van der Waals surface area contributed by atoms with Crippen LogP contribution in [0.5, 0.6) is 5.75 Å². The van der Waals surface area contributed by atoms with Crippen LogP contribution in [0.1, 0.15) is 26.7 Å². The highest BCUT2D eigenvalue weighted by Crippen LogP contribution is 2.29. The normalized spacial score (nSPS) is 9.89. The van der Waals surface area contributed by atoms with Crippen molar-refractivity contribution in [1.82, 2.24) is 0 Å². The smallest absolute Gasteiger partial charge is 0.271 e. The van der Waals surface area contributed by atoms with E-state index in [1.807, 2.05) is 6.92 Å². The first-order valence-electron chi connectivity index (χ1n) is 5.73. The third-order valence-corrected chi connectivity index (χ3v) is 2.24. The molecule has 1 aromatic rings. The number of hydrogen-bond donors (Lipinski definition) is 1. The van der Waals surface area contributed by atoms with E-state index < -0.39 is 4.92 Å². The van der Waals surface area contributed by atoms with Crippen molar-refractivity contribution in [3.63, 3.8) is 0 Å². The summed E-state index contributed by atoms with van der Waals surface area (Å²) in [5, 5.41) is 13.2. The van der Waals surface area contributed by atoms with E-state index >= 15 is 0 Å². The maximum absolute atomic E-state index is 11.0. The van der Waals surface area contributed by atoms with Gasteiger partial charge in [0.15, 0.2) is 0 Å². The average molecular weight is 252 g/mol. The summed E-state index contributed by atoms with van der Waals surface area (Å²) >= 11 is 0. The zero-order valence-corrected chi connectivity index (χ0v) is 10.4. The van der Waals surface area contributed by atoms with E-state index in [9.17, 15) is 14.9 Å². The Balaban J connectivity index is 2.93. The molecule has 1 aromatic carbocycles. The minimum Gasteiger partial charge on any atom is -0.491 e. The van der Waals surface area contributed by atoms with Crippen molar-refractivity contribution in [3.05, 3.63) is 28.3 Å². The highest BCUT2D eigenvalue weighted by molar-refractivity contribution is 5.90. The molecule has 0 spiro atoms. The average Bonchev–Trinajstić information content (AvgIpc) is 2.30. The molecule has 0 radical (unpaired) electrons. The first kappa shape index (κ1) is 14.0. The van der Waals surface area contributed by atoms with Gasteiger partial charge in [0.05, 0.1) is 17.2 Å². The fourth-order valence-corrected chi connectivity index (χ4v) is 1.37. The van der Waals surface area contributed by atoms with Gasteiger partial charge in [-0.25, -0.2) is 0 Å². The monoisotopic (exact) mass is 252 g/mol. The summed E-state index contributed by atoms with van der Waals surface area (Å²) in [6, 6.07) is 4.15. The fraction of sp³-hybridized carbons (Fsp3) is 0.417. The standard InChI is InChI=1S/C12H16N2O4/c1-3-4-7-18-12-6-5-10(14(16)17)8-11(12)13-9(2)15/h5-6,8H,3-4,7H2,1-2H3,(H,13,15). The van der Waals surface area contributed by atoms with Crippen molar-refractivity contribution in [1.29, 1.82) is 0 Å². The number of ether oxygens (including phenoxy) is 1. The lowest BCUT2D eigenvalue weighted by atomic mass is 10.2. The molecule has 0 aliphatic rings. The van der Waals surface area contributed by atoms with Crippen molar-refractivity contribution >= 4 is 17.3 Å². The predicted molar refractivity (Wildman–Crippen MR) is 67.8 cm³/mol. The first-order chi connectivity index (χ1) is 8.54. The summed E-state index contributed by atoms with van der Waals surface area (Å²) in [4.78, 5) is 21.2. The van der Waals surface area contributed by atoms with Crippen LogP contribution in [0.2, 0.25) is 0 Å². The Labute approximate surface area is 105 Å². The third kappa shape index (κ3) is 4.04. The summed E-state index contributed by atoms with van der Waals surface area (Å²) < 4.78 is 5.48. The largest absolute Gasteiger partial charge is 0.491 e. The fourth-order valence-electron chi connectivity index (χ4n) is 1.37. The molecule has 1 amide bonds. The summed E-state index contributed by atoms with van der Waals surface area (Å²) in [7, 11) is 0. The summed E-state index contributed by atoms with van der Waals surface area (Å²) in [6.45, 7) is 3.89. The van der Waals surface area contributed by atoms with Crippen LogP contribution in [0.15, 0.2) is 18.2 Å². The van der Waals surface area contributed by atoms with Crippen molar-refractivity contribution in [2.75, 3.05) is 11.9 Å². The van der Waals surface area contributed by atoms with Gasteiger partial charge in [0, 0.05) is 19.1 Å². The molecule has 98 valence electrons. The van der Waals surface area contributed by atoms with E-state index in [1.165, 1.54) is 25.1 Å². The summed E-state index contributed by atoms with van der Waals surface area (Å²) in [5.74, 6) is 0.153. The second-order valence-electron chi connectivity index (χ2n) is 3.82. The number of rotatable bonds is 6. The van der Waals surface area contributed by atoms with Crippen LogP contribution in [0.25, 0.3) is 0 Å². The molecule has 0 unspecified atom stereocenters. The number of hydrogen-bond acceptors (Lipinski definition) is 4. The number of benzene rings is 1. The second-order valence-corrected chi connectivity index (χ2v) is 3.82. The molecule has 1 rings (SSSR count). The van der Waals surface area contributed by atoms with E-state index in [-0.39, 0.29) is 11.6 Å². The van der Waals surface area contributed by atoms with Gasteiger partial charge < -0.3 is 10.1 Å². The molecule has 0 atom stereocenters. The van der Waals surface area contributed by atoms with E-state index in [1.54, 1.807) is 0 Å². The van der Waals surface area contributed by atoms with Crippen molar-refractivity contribution in [2.24, 2.45) is 0 Å². The molecular weight excluding hydrogens is 236 g/mol. The van der Waals surface area contributed by atoms with Crippen molar-refractivity contribution in [3.8, 4) is 5.75 Å². The number of amides is 1. The summed E-state index contributed by atoms with van der Waals surface area (Å²) in [5.41, 5.74) is 0.245. The van der Waals surface area contributed by atoms with Gasteiger partial charge in [-0.15, -0.1) is 0 Å². The number of carbonyl (C=O) groups is 1. The van der Waals surface area contributed by atoms with Crippen LogP contribution in [0, 0.1) is 10.1 Å². The molecule has 0 aliphatic heterocycles. The van der Waals surface area contributed by atoms with Gasteiger partial charge in [0.25, 0.3) is 5.69 Å². The maximum atomic E-state index is 11.0. The van der Waals surface area contributed by atoms with Gasteiger partial charge in [-0.05, 0) is 12.5 Å². The predicted octanol–water partition coefficient (Wildman–Crippen LogP) is 2.73. The number of nitrogens with zero attached hydrogens (tertiary/aromatic N) is 1. The van der Waals surface area contributed by atoms with E-state index in [0.29, 0.717) is 18.0 Å². The molecule has 1 N–H and O–H groups in total. The van der Waals surface area contributed by atoms with Gasteiger partial charge in [0.1, 0.15) is 5.75 Å². The second kappa shape index (κ2) is 6.58.